The van der Waals surface area contributed by atoms with E-state index in [0.29, 0.717) is 10.8 Å². The van der Waals surface area contributed by atoms with Gasteiger partial charge in [0.25, 0.3) is 0 Å². The van der Waals surface area contributed by atoms with E-state index in [0.717, 1.165) is 11.8 Å². The first-order valence-electron chi connectivity index (χ1n) is 7.03. The van der Waals surface area contributed by atoms with Crippen molar-refractivity contribution in [3.8, 4) is 0 Å². The largest absolute Gasteiger partial charge is 0.325 e. The van der Waals surface area contributed by atoms with Gasteiger partial charge in [-0.25, -0.2) is 0 Å². The van der Waals surface area contributed by atoms with Gasteiger partial charge in [-0.3, -0.25) is 0 Å². The minimum atomic E-state index is 0.217. The fraction of sp³-hybridized carbons (Fsp3) is 0.625. The molecule has 4 aliphatic rings. The molecule has 88 valence electrons. The van der Waals surface area contributed by atoms with Crippen molar-refractivity contribution < 1.29 is 0 Å². The summed E-state index contributed by atoms with van der Waals surface area (Å²) in [5.74, 6) is 1.95. The lowest BCUT2D eigenvalue weighted by Crippen LogP contribution is -2.75. The Balaban J connectivity index is 1.68. The Hall–Kier alpha value is -0.820. The molecule has 0 heterocycles. The molecule has 1 aromatic rings. The summed E-state index contributed by atoms with van der Waals surface area (Å²) in [6.07, 6.45) is 6.88. The summed E-state index contributed by atoms with van der Waals surface area (Å²) in [5.41, 5.74) is 9.55. The van der Waals surface area contributed by atoms with Crippen molar-refractivity contribution in [1.82, 2.24) is 0 Å². The fourth-order valence-corrected chi connectivity index (χ4v) is 6.44. The molecule has 1 nitrogen and oxygen atoms in total. The first kappa shape index (κ1) is 9.16. The minimum absolute atomic E-state index is 0.217. The summed E-state index contributed by atoms with van der Waals surface area (Å²) in [4.78, 5) is 0. The third kappa shape index (κ3) is 0.728. The summed E-state index contributed by atoms with van der Waals surface area (Å²) in [6, 6.07) is 11.2. The van der Waals surface area contributed by atoms with Crippen LogP contribution in [0.3, 0.4) is 0 Å². The summed E-state index contributed by atoms with van der Waals surface area (Å²) < 4.78 is 0. The Labute approximate surface area is 102 Å². The average Bonchev–Trinajstić information content (AvgIpc) is 2.75. The summed E-state index contributed by atoms with van der Waals surface area (Å²) in [5, 5.41) is 0. The normalized spacial score (nSPS) is 57.2. The highest BCUT2D eigenvalue weighted by molar-refractivity contribution is 5.43. The van der Waals surface area contributed by atoms with Crippen molar-refractivity contribution in [2.45, 2.75) is 43.1 Å². The monoisotopic (exact) mass is 225 g/mol. The summed E-state index contributed by atoms with van der Waals surface area (Å²) >= 11 is 0. The van der Waals surface area contributed by atoms with Crippen LogP contribution in [0.15, 0.2) is 30.3 Å². The van der Waals surface area contributed by atoms with Gasteiger partial charge in [0.05, 0.1) is 0 Å². The highest BCUT2D eigenvalue weighted by Gasteiger charge is 2.82. The Kier molecular flexibility index (Phi) is 1.26. The van der Waals surface area contributed by atoms with Gasteiger partial charge in [0, 0.05) is 5.54 Å². The molecule has 5 atom stereocenters. The molecule has 0 aliphatic heterocycles. The molecule has 1 spiro atoms. The molecule has 5 rings (SSSR count). The first-order chi connectivity index (χ1) is 8.19. The van der Waals surface area contributed by atoms with Crippen LogP contribution in [0.2, 0.25) is 0 Å². The highest BCUT2D eigenvalue weighted by Crippen LogP contribution is 2.85. The van der Waals surface area contributed by atoms with Crippen LogP contribution in [0.5, 0.6) is 0 Å². The van der Waals surface area contributed by atoms with Gasteiger partial charge >= 0.3 is 0 Å². The van der Waals surface area contributed by atoms with Crippen LogP contribution in [0.4, 0.5) is 0 Å². The van der Waals surface area contributed by atoms with Gasteiger partial charge in [-0.15, -0.1) is 0 Å². The number of hydrogen-bond donors (Lipinski definition) is 1. The first-order valence-corrected chi connectivity index (χ1v) is 7.03. The zero-order chi connectivity index (χ0) is 11.3. The van der Waals surface area contributed by atoms with Gasteiger partial charge in [0.2, 0.25) is 0 Å². The molecule has 2 N–H and O–H groups in total. The molecule has 5 unspecified atom stereocenters. The van der Waals surface area contributed by atoms with Gasteiger partial charge in [-0.1, -0.05) is 30.3 Å². The van der Waals surface area contributed by atoms with Crippen molar-refractivity contribution in [3.05, 3.63) is 35.9 Å². The van der Waals surface area contributed by atoms with E-state index in [4.69, 9.17) is 5.73 Å². The maximum atomic E-state index is 6.73. The lowest BCUT2D eigenvalue weighted by molar-refractivity contribution is -0.191. The highest BCUT2D eigenvalue weighted by atomic mass is 15.0. The van der Waals surface area contributed by atoms with E-state index in [1.807, 2.05) is 0 Å². The molecule has 0 saturated heterocycles. The SMILES string of the molecule is NC12CC3CC4CC(c5ccccc5)(C1)CC432. The van der Waals surface area contributed by atoms with E-state index in [1.165, 1.54) is 32.1 Å². The molecular weight excluding hydrogens is 206 g/mol. The van der Waals surface area contributed by atoms with Crippen LogP contribution in [0, 0.1) is 17.3 Å². The lowest BCUT2D eigenvalue weighted by atomic mass is 9.35. The van der Waals surface area contributed by atoms with Crippen molar-refractivity contribution >= 4 is 0 Å². The smallest absolute Gasteiger partial charge is 0.0228 e. The van der Waals surface area contributed by atoms with Gasteiger partial charge < -0.3 is 5.73 Å². The Morgan fingerprint density at radius 2 is 1.76 bits per heavy atom. The van der Waals surface area contributed by atoms with Gasteiger partial charge in [0.15, 0.2) is 0 Å². The quantitative estimate of drug-likeness (QED) is 0.781. The van der Waals surface area contributed by atoms with Crippen LogP contribution in [0.1, 0.15) is 37.7 Å². The second kappa shape index (κ2) is 2.33. The third-order valence-corrected chi connectivity index (χ3v) is 6.87. The number of rotatable bonds is 1. The second-order valence-corrected chi connectivity index (χ2v) is 7.23. The molecule has 0 aromatic heterocycles. The molecule has 2 bridgehead atoms. The van der Waals surface area contributed by atoms with Crippen LogP contribution < -0.4 is 5.73 Å². The van der Waals surface area contributed by atoms with E-state index in [2.05, 4.69) is 30.3 Å². The Bertz CT molecular complexity index is 510. The molecule has 1 heteroatoms. The molecule has 17 heavy (non-hydrogen) atoms. The van der Waals surface area contributed by atoms with E-state index < -0.39 is 0 Å². The molecule has 4 aliphatic carbocycles. The van der Waals surface area contributed by atoms with Crippen LogP contribution in [0.25, 0.3) is 0 Å². The van der Waals surface area contributed by atoms with Gasteiger partial charge in [0.1, 0.15) is 0 Å². The van der Waals surface area contributed by atoms with Crippen LogP contribution in [-0.2, 0) is 5.41 Å². The van der Waals surface area contributed by atoms with Gasteiger partial charge in [-0.2, -0.15) is 0 Å². The standard InChI is InChI=1S/C16H19N/c17-15-8-13-6-12-7-14(9-15,10-16(12,13)15)11-4-2-1-3-5-11/h1-5,12-13H,6-10,17H2. The molecule has 0 amide bonds. The van der Waals surface area contributed by atoms with Crippen molar-refractivity contribution in [2.75, 3.05) is 0 Å². The molecule has 1 aromatic carbocycles. The Morgan fingerprint density at radius 1 is 1.00 bits per heavy atom. The van der Waals surface area contributed by atoms with Gasteiger partial charge in [-0.05, 0) is 60.3 Å². The Morgan fingerprint density at radius 3 is 2.41 bits per heavy atom. The topological polar surface area (TPSA) is 26.0 Å². The van der Waals surface area contributed by atoms with Crippen LogP contribution in [-0.4, -0.2) is 5.54 Å². The summed E-state index contributed by atoms with van der Waals surface area (Å²) in [6.45, 7) is 0. The maximum absolute atomic E-state index is 6.73. The predicted molar refractivity (Wildman–Crippen MR) is 67.5 cm³/mol. The summed E-state index contributed by atoms with van der Waals surface area (Å²) in [7, 11) is 0. The van der Waals surface area contributed by atoms with E-state index in [9.17, 15) is 0 Å². The lowest BCUT2D eigenvalue weighted by Gasteiger charge is -2.71. The van der Waals surface area contributed by atoms with Crippen molar-refractivity contribution in [3.63, 3.8) is 0 Å². The molecular formula is C16H19N. The molecule has 4 saturated carbocycles. The predicted octanol–water partition coefficient (Wildman–Crippen LogP) is 2.85. The van der Waals surface area contributed by atoms with E-state index in [1.54, 1.807) is 5.56 Å². The van der Waals surface area contributed by atoms with Crippen molar-refractivity contribution in [2.24, 2.45) is 23.0 Å². The minimum Gasteiger partial charge on any atom is -0.325 e. The second-order valence-electron chi connectivity index (χ2n) is 7.23. The van der Waals surface area contributed by atoms with E-state index in [-0.39, 0.29) is 5.54 Å². The van der Waals surface area contributed by atoms with Crippen LogP contribution >= 0.6 is 0 Å². The van der Waals surface area contributed by atoms with Crippen molar-refractivity contribution in [1.29, 1.82) is 0 Å². The number of nitrogens with two attached hydrogens (primary N) is 1. The van der Waals surface area contributed by atoms with E-state index >= 15 is 0 Å². The fourth-order valence-electron chi connectivity index (χ4n) is 6.44. The maximum Gasteiger partial charge on any atom is 0.0228 e. The zero-order valence-electron chi connectivity index (χ0n) is 10.2. The number of hydrogen-bond acceptors (Lipinski definition) is 1. The number of fused-ring (bicyclic) bond motifs is 1. The molecule has 0 radical (unpaired) electrons. The third-order valence-electron chi connectivity index (χ3n) is 6.87. The zero-order valence-corrected chi connectivity index (χ0v) is 10.2. The molecule has 4 fully saturated rings. The number of benzene rings is 1. The average molecular weight is 225 g/mol.